The summed E-state index contributed by atoms with van der Waals surface area (Å²) in [5, 5.41) is 1.05. The van der Waals surface area contributed by atoms with Crippen LogP contribution in [0.3, 0.4) is 0 Å². The van der Waals surface area contributed by atoms with E-state index in [0.717, 1.165) is 22.0 Å². The van der Waals surface area contributed by atoms with Crippen molar-refractivity contribution in [2.75, 3.05) is 0 Å². The largest absolute Gasteiger partial charge is 0.294 e. The molecular weight excluding hydrogens is 234 g/mol. The van der Waals surface area contributed by atoms with Crippen molar-refractivity contribution in [2.45, 2.75) is 6.42 Å². The number of nitrogens with zero attached hydrogens (tertiary/aromatic N) is 1. The first-order valence-electron chi connectivity index (χ1n) is 6.25. The molecule has 0 atom stereocenters. The second-order valence-electron chi connectivity index (χ2n) is 4.45. The average Bonchev–Trinajstić information content (AvgIpc) is 2.48. The second kappa shape index (κ2) is 5.02. The van der Waals surface area contributed by atoms with Crippen LogP contribution in [-0.2, 0) is 6.42 Å². The Labute approximate surface area is 111 Å². The van der Waals surface area contributed by atoms with Gasteiger partial charge in [-0.3, -0.25) is 9.78 Å². The van der Waals surface area contributed by atoms with Gasteiger partial charge in [0.25, 0.3) is 0 Å². The zero-order chi connectivity index (χ0) is 13.1. The fraction of sp³-hybridized carbons (Fsp3) is 0.0588. The van der Waals surface area contributed by atoms with Crippen molar-refractivity contribution in [1.29, 1.82) is 0 Å². The minimum atomic E-state index is 0.136. The Kier molecular flexibility index (Phi) is 3.07. The van der Waals surface area contributed by atoms with Gasteiger partial charge in [0, 0.05) is 23.6 Å². The van der Waals surface area contributed by atoms with Gasteiger partial charge in [0.2, 0.25) is 0 Å². The average molecular weight is 247 g/mol. The van der Waals surface area contributed by atoms with E-state index in [1.807, 2.05) is 60.7 Å². The van der Waals surface area contributed by atoms with E-state index in [0.29, 0.717) is 6.42 Å². The van der Waals surface area contributed by atoms with Gasteiger partial charge in [0.05, 0.1) is 5.52 Å². The monoisotopic (exact) mass is 247 g/mol. The molecule has 1 heterocycles. The van der Waals surface area contributed by atoms with E-state index in [9.17, 15) is 4.79 Å². The number of para-hydroxylation sites is 1. The molecule has 0 aliphatic heterocycles. The highest BCUT2D eigenvalue weighted by molar-refractivity contribution is 5.99. The number of aromatic nitrogens is 1. The van der Waals surface area contributed by atoms with Crippen molar-refractivity contribution < 1.29 is 4.79 Å². The molecule has 0 bridgehead atoms. The number of benzene rings is 2. The third-order valence-corrected chi connectivity index (χ3v) is 3.19. The van der Waals surface area contributed by atoms with E-state index in [2.05, 4.69) is 4.98 Å². The number of hydrogen-bond acceptors (Lipinski definition) is 2. The summed E-state index contributed by atoms with van der Waals surface area (Å²) in [5.74, 6) is 0.136. The molecule has 2 heteroatoms. The SMILES string of the molecule is O=C(Cc1ccnc2ccccc12)c1ccccc1. The van der Waals surface area contributed by atoms with Crippen molar-refractivity contribution in [1.82, 2.24) is 4.98 Å². The third kappa shape index (κ3) is 2.38. The van der Waals surface area contributed by atoms with Gasteiger partial charge in [-0.2, -0.15) is 0 Å². The van der Waals surface area contributed by atoms with Crippen LogP contribution in [0.15, 0.2) is 66.9 Å². The van der Waals surface area contributed by atoms with Crippen LogP contribution in [0.1, 0.15) is 15.9 Å². The zero-order valence-corrected chi connectivity index (χ0v) is 10.4. The summed E-state index contributed by atoms with van der Waals surface area (Å²) in [6.45, 7) is 0. The van der Waals surface area contributed by atoms with Crippen molar-refractivity contribution in [3.63, 3.8) is 0 Å². The highest BCUT2D eigenvalue weighted by Gasteiger charge is 2.09. The Morgan fingerprint density at radius 3 is 2.47 bits per heavy atom. The van der Waals surface area contributed by atoms with Gasteiger partial charge >= 0.3 is 0 Å². The molecule has 0 N–H and O–H groups in total. The van der Waals surface area contributed by atoms with Crippen molar-refractivity contribution >= 4 is 16.7 Å². The molecule has 0 saturated carbocycles. The van der Waals surface area contributed by atoms with Gasteiger partial charge in [0.15, 0.2) is 5.78 Å². The molecule has 3 rings (SSSR count). The number of pyridine rings is 1. The van der Waals surface area contributed by atoms with Gasteiger partial charge in [0.1, 0.15) is 0 Å². The molecule has 0 aliphatic rings. The summed E-state index contributed by atoms with van der Waals surface area (Å²) in [4.78, 5) is 16.5. The van der Waals surface area contributed by atoms with E-state index in [-0.39, 0.29) is 5.78 Å². The molecule has 0 amide bonds. The highest BCUT2D eigenvalue weighted by atomic mass is 16.1. The summed E-state index contributed by atoms with van der Waals surface area (Å²) in [6, 6.07) is 19.2. The number of carbonyl (C=O) groups excluding carboxylic acids is 1. The number of rotatable bonds is 3. The van der Waals surface area contributed by atoms with Crippen LogP contribution in [0.4, 0.5) is 0 Å². The maximum atomic E-state index is 12.2. The van der Waals surface area contributed by atoms with E-state index in [1.165, 1.54) is 0 Å². The molecular formula is C17H13NO. The summed E-state index contributed by atoms with van der Waals surface area (Å²) in [7, 11) is 0. The van der Waals surface area contributed by atoms with Crippen LogP contribution in [-0.4, -0.2) is 10.8 Å². The molecule has 0 saturated heterocycles. The van der Waals surface area contributed by atoms with Crippen LogP contribution >= 0.6 is 0 Å². The van der Waals surface area contributed by atoms with E-state index < -0.39 is 0 Å². The Morgan fingerprint density at radius 2 is 1.63 bits per heavy atom. The first kappa shape index (κ1) is 11.6. The number of Topliss-reactive ketones (excluding diaryl/α,β-unsaturated/α-hetero) is 1. The third-order valence-electron chi connectivity index (χ3n) is 3.19. The second-order valence-corrected chi connectivity index (χ2v) is 4.45. The number of hydrogen-bond donors (Lipinski definition) is 0. The van der Waals surface area contributed by atoms with E-state index in [4.69, 9.17) is 0 Å². The lowest BCUT2D eigenvalue weighted by atomic mass is 10.0. The zero-order valence-electron chi connectivity index (χ0n) is 10.4. The molecule has 2 aromatic carbocycles. The number of carbonyl (C=O) groups is 1. The molecule has 19 heavy (non-hydrogen) atoms. The van der Waals surface area contributed by atoms with Crippen LogP contribution < -0.4 is 0 Å². The smallest absolute Gasteiger partial charge is 0.167 e. The summed E-state index contributed by atoms with van der Waals surface area (Å²) < 4.78 is 0. The van der Waals surface area contributed by atoms with Gasteiger partial charge in [-0.1, -0.05) is 48.5 Å². The molecule has 0 radical (unpaired) electrons. The first-order valence-corrected chi connectivity index (χ1v) is 6.25. The van der Waals surface area contributed by atoms with Gasteiger partial charge < -0.3 is 0 Å². The van der Waals surface area contributed by atoms with E-state index in [1.54, 1.807) is 6.20 Å². The lowest BCUT2D eigenvalue weighted by Gasteiger charge is -2.05. The maximum Gasteiger partial charge on any atom is 0.167 e. The first-order chi connectivity index (χ1) is 9.34. The molecule has 1 aromatic heterocycles. The highest BCUT2D eigenvalue weighted by Crippen LogP contribution is 2.18. The Morgan fingerprint density at radius 1 is 0.895 bits per heavy atom. The predicted molar refractivity (Wildman–Crippen MR) is 76.2 cm³/mol. The Balaban J connectivity index is 1.96. The Bertz CT molecular complexity index is 714. The molecule has 0 unspecified atom stereocenters. The van der Waals surface area contributed by atoms with Gasteiger partial charge in [-0.15, -0.1) is 0 Å². The molecule has 3 aromatic rings. The molecule has 92 valence electrons. The Hall–Kier alpha value is -2.48. The molecule has 0 aliphatic carbocycles. The minimum Gasteiger partial charge on any atom is -0.294 e. The fourth-order valence-corrected chi connectivity index (χ4v) is 2.21. The topological polar surface area (TPSA) is 30.0 Å². The molecule has 0 spiro atoms. The van der Waals surface area contributed by atoms with Crippen molar-refractivity contribution in [2.24, 2.45) is 0 Å². The van der Waals surface area contributed by atoms with Gasteiger partial charge in [-0.05, 0) is 17.7 Å². The van der Waals surface area contributed by atoms with Crippen molar-refractivity contribution in [3.05, 3.63) is 78.0 Å². The maximum absolute atomic E-state index is 12.2. The summed E-state index contributed by atoms with van der Waals surface area (Å²) in [5.41, 5.74) is 2.71. The predicted octanol–water partition coefficient (Wildman–Crippen LogP) is 3.66. The standard InChI is InChI=1S/C17H13NO/c19-17(13-6-2-1-3-7-13)12-14-10-11-18-16-9-5-4-8-15(14)16/h1-11H,12H2. The minimum absolute atomic E-state index is 0.136. The van der Waals surface area contributed by atoms with Crippen LogP contribution in [0.2, 0.25) is 0 Å². The summed E-state index contributed by atoms with van der Waals surface area (Å²) >= 11 is 0. The van der Waals surface area contributed by atoms with Crippen LogP contribution in [0.25, 0.3) is 10.9 Å². The van der Waals surface area contributed by atoms with Crippen LogP contribution in [0.5, 0.6) is 0 Å². The quantitative estimate of drug-likeness (QED) is 0.661. The number of ketones is 1. The fourth-order valence-electron chi connectivity index (χ4n) is 2.21. The van der Waals surface area contributed by atoms with Crippen LogP contribution in [0, 0.1) is 0 Å². The molecule has 0 fully saturated rings. The summed E-state index contributed by atoms with van der Waals surface area (Å²) in [6.07, 6.45) is 2.17. The lowest BCUT2D eigenvalue weighted by molar-refractivity contribution is 0.0993. The number of fused-ring (bicyclic) bond motifs is 1. The van der Waals surface area contributed by atoms with E-state index >= 15 is 0 Å². The lowest BCUT2D eigenvalue weighted by Crippen LogP contribution is -2.03. The van der Waals surface area contributed by atoms with Gasteiger partial charge in [-0.25, -0.2) is 0 Å². The normalized spacial score (nSPS) is 10.5. The molecule has 2 nitrogen and oxygen atoms in total. The van der Waals surface area contributed by atoms with Crippen molar-refractivity contribution in [3.8, 4) is 0 Å².